The second-order valence-electron chi connectivity index (χ2n) is 6.05. The van der Waals surface area contributed by atoms with E-state index in [1.54, 1.807) is 24.3 Å². The Morgan fingerprint density at radius 3 is 2.33 bits per heavy atom. The molecule has 0 saturated carbocycles. The third kappa shape index (κ3) is 3.39. The highest BCUT2D eigenvalue weighted by Crippen LogP contribution is 2.28. The van der Waals surface area contributed by atoms with Crippen molar-refractivity contribution in [2.24, 2.45) is 5.41 Å². The Morgan fingerprint density at radius 1 is 1.14 bits per heavy atom. The van der Waals surface area contributed by atoms with Gasteiger partial charge in [0.05, 0.1) is 5.56 Å². The SMILES string of the molecule is CC(C)(C)Cn1c(=O)[nH]c(Cl)c(-c2ccccc2Cl)c1=O. The summed E-state index contributed by atoms with van der Waals surface area (Å²) in [6.07, 6.45) is 0. The van der Waals surface area contributed by atoms with Crippen LogP contribution in [0, 0.1) is 5.41 Å². The van der Waals surface area contributed by atoms with Crippen LogP contribution < -0.4 is 11.2 Å². The van der Waals surface area contributed by atoms with Gasteiger partial charge in [-0.15, -0.1) is 0 Å². The Morgan fingerprint density at radius 2 is 1.76 bits per heavy atom. The number of hydrogen-bond acceptors (Lipinski definition) is 2. The Balaban J connectivity index is 2.75. The van der Waals surface area contributed by atoms with Gasteiger partial charge < -0.3 is 0 Å². The first kappa shape index (κ1) is 15.9. The molecule has 0 fully saturated rings. The number of hydrogen-bond donors (Lipinski definition) is 1. The van der Waals surface area contributed by atoms with Crippen LogP contribution in [0.4, 0.5) is 0 Å². The van der Waals surface area contributed by atoms with E-state index < -0.39 is 11.2 Å². The second-order valence-corrected chi connectivity index (χ2v) is 6.84. The number of halogens is 2. The smallest absolute Gasteiger partial charge is 0.297 e. The number of nitrogens with zero attached hydrogens (tertiary/aromatic N) is 1. The first-order valence-electron chi connectivity index (χ1n) is 6.48. The Hall–Kier alpha value is -1.52. The summed E-state index contributed by atoms with van der Waals surface area (Å²) in [4.78, 5) is 27.1. The van der Waals surface area contributed by atoms with Crippen molar-refractivity contribution in [2.75, 3.05) is 0 Å². The topological polar surface area (TPSA) is 54.9 Å². The zero-order valence-electron chi connectivity index (χ0n) is 12.0. The van der Waals surface area contributed by atoms with Crippen molar-refractivity contribution in [3.63, 3.8) is 0 Å². The van der Waals surface area contributed by atoms with Gasteiger partial charge in [0.1, 0.15) is 5.15 Å². The van der Waals surface area contributed by atoms with Crippen molar-refractivity contribution in [1.29, 1.82) is 0 Å². The normalized spacial score (nSPS) is 11.7. The lowest BCUT2D eigenvalue weighted by Crippen LogP contribution is -2.39. The molecular formula is C15H16Cl2N2O2. The molecule has 4 nitrogen and oxygen atoms in total. The van der Waals surface area contributed by atoms with Crippen molar-refractivity contribution >= 4 is 23.2 Å². The molecule has 0 amide bonds. The lowest BCUT2D eigenvalue weighted by Gasteiger charge is -2.19. The lowest BCUT2D eigenvalue weighted by atomic mass is 9.97. The average Bonchev–Trinajstić information content (AvgIpc) is 2.35. The molecular weight excluding hydrogens is 311 g/mol. The van der Waals surface area contributed by atoms with Crippen molar-refractivity contribution < 1.29 is 0 Å². The first-order chi connectivity index (χ1) is 9.70. The molecule has 0 spiro atoms. The van der Waals surface area contributed by atoms with Gasteiger partial charge in [-0.25, -0.2) is 4.79 Å². The van der Waals surface area contributed by atoms with E-state index in [9.17, 15) is 9.59 Å². The lowest BCUT2D eigenvalue weighted by molar-refractivity contribution is 0.331. The van der Waals surface area contributed by atoms with Gasteiger partial charge >= 0.3 is 5.69 Å². The molecule has 0 aliphatic rings. The molecule has 1 aromatic heterocycles. The largest absolute Gasteiger partial charge is 0.329 e. The fourth-order valence-corrected chi connectivity index (χ4v) is 2.55. The van der Waals surface area contributed by atoms with E-state index in [2.05, 4.69) is 4.98 Å². The third-order valence-corrected chi connectivity index (χ3v) is 3.53. The molecule has 0 aliphatic carbocycles. The van der Waals surface area contributed by atoms with Crippen LogP contribution in [0.3, 0.4) is 0 Å². The highest BCUT2D eigenvalue weighted by molar-refractivity contribution is 6.35. The van der Waals surface area contributed by atoms with Crippen LogP contribution in [0.15, 0.2) is 33.9 Å². The fraction of sp³-hybridized carbons (Fsp3) is 0.333. The first-order valence-corrected chi connectivity index (χ1v) is 7.24. The van der Waals surface area contributed by atoms with E-state index in [1.165, 1.54) is 0 Å². The van der Waals surface area contributed by atoms with Gasteiger partial charge in [-0.1, -0.05) is 62.2 Å². The highest BCUT2D eigenvalue weighted by Gasteiger charge is 2.20. The molecule has 21 heavy (non-hydrogen) atoms. The maximum Gasteiger partial charge on any atom is 0.329 e. The zero-order chi connectivity index (χ0) is 15.8. The molecule has 2 rings (SSSR count). The van der Waals surface area contributed by atoms with E-state index in [0.717, 1.165) is 4.57 Å². The van der Waals surface area contributed by atoms with Gasteiger partial charge in [-0.3, -0.25) is 14.3 Å². The standard InChI is InChI=1S/C15H16Cl2N2O2/c1-15(2,3)8-19-13(20)11(12(17)18-14(19)21)9-6-4-5-7-10(9)16/h4-7H,8H2,1-3H3,(H,18,21). The highest BCUT2D eigenvalue weighted by atomic mass is 35.5. The summed E-state index contributed by atoms with van der Waals surface area (Å²) in [6.45, 7) is 6.13. The summed E-state index contributed by atoms with van der Waals surface area (Å²) in [5, 5.41) is 0.411. The van der Waals surface area contributed by atoms with Gasteiger partial charge in [-0.05, 0) is 11.5 Å². The van der Waals surface area contributed by atoms with Gasteiger partial charge in [0.2, 0.25) is 0 Å². The maximum atomic E-state index is 12.6. The van der Waals surface area contributed by atoms with E-state index in [4.69, 9.17) is 23.2 Å². The molecule has 1 N–H and O–H groups in total. The summed E-state index contributed by atoms with van der Waals surface area (Å²) >= 11 is 12.2. The Labute approximate surface area is 132 Å². The van der Waals surface area contributed by atoms with Crippen LogP contribution in [-0.2, 0) is 6.54 Å². The van der Waals surface area contributed by atoms with E-state index in [-0.39, 0.29) is 22.7 Å². The van der Waals surface area contributed by atoms with Crippen molar-refractivity contribution in [3.05, 3.63) is 55.3 Å². The van der Waals surface area contributed by atoms with Crippen LogP contribution in [0.25, 0.3) is 11.1 Å². The summed E-state index contributed by atoms with van der Waals surface area (Å²) in [5.41, 5.74) is -0.454. The van der Waals surface area contributed by atoms with Crippen LogP contribution in [0.1, 0.15) is 20.8 Å². The van der Waals surface area contributed by atoms with Crippen molar-refractivity contribution in [1.82, 2.24) is 9.55 Å². The number of nitrogens with one attached hydrogen (secondary N) is 1. The maximum absolute atomic E-state index is 12.6. The Bertz CT molecular complexity index is 785. The summed E-state index contributed by atoms with van der Waals surface area (Å²) in [5.74, 6) is 0. The van der Waals surface area contributed by atoms with Gasteiger partial charge in [0.25, 0.3) is 5.56 Å². The molecule has 0 aliphatic heterocycles. The van der Waals surface area contributed by atoms with E-state index in [1.807, 2.05) is 20.8 Å². The summed E-state index contributed by atoms with van der Waals surface area (Å²) in [6, 6.07) is 6.89. The number of H-pyrrole nitrogens is 1. The van der Waals surface area contributed by atoms with E-state index >= 15 is 0 Å². The number of rotatable bonds is 2. The van der Waals surface area contributed by atoms with Gasteiger partial charge in [0, 0.05) is 17.1 Å². The van der Waals surface area contributed by atoms with Crippen LogP contribution in [-0.4, -0.2) is 9.55 Å². The number of aromatic nitrogens is 2. The molecule has 0 bridgehead atoms. The van der Waals surface area contributed by atoms with Crippen LogP contribution in [0.2, 0.25) is 10.2 Å². The predicted molar refractivity (Wildman–Crippen MR) is 86.2 cm³/mol. The molecule has 1 heterocycles. The molecule has 112 valence electrons. The average molecular weight is 327 g/mol. The minimum atomic E-state index is -0.518. The molecule has 0 saturated heterocycles. The van der Waals surface area contributed by atoms with Crippen molar-refractivity contribution in [3.8, 4) is 11.1 Å². The summed E-state index contributed by atoms with van der Waals surface area (Å²) < 4.78 is 1.16. The minimum absolute atomic E-state index is 0.00302. The van der Waals surface area contributed by atoms with Crippen LogP contribution >= 0.6 is 23.2 Å². The molecule has 0 atom stereocenters. The van der Waals surface area contributed by atoms with Crippen molar-refractivity contribution in [2.45, 2.75) is 27.3 Å². The third-order valence-electron chi connectivity index (χ3n) is 2.92. The molecule has 0 unspecified atom stereocenters. The molecule has 2 aromatic rings. The van der Waals surface area contributed by atoms with Gasteiger partial charge in [-0.2, -0.15) is 0 Å². The molecule has 0 radical (unpaired) electrons. The summed E-state index contributed by atoms with van der Waals surface area (Å²) in [7, 11) is 0. The fourth-order valence-electron chi connectivity index (χ4n) is 2.06. The zero-order valence-corrected chi connectivity index (χ0v) is 13.5. The van der Waals surface area contributed by atoms with E-state index in [0.29, 0.717) is 10.6 Å². The molecule has 1 aromatic carbocycles. The second kappa shape index (κ2) is 5.70. The Kier molecular flexibility index (Phi) is 4.30. The monoisotopic (exact) mass is 326 g/mol. The quantitative estimate of drug-likeness (QED) is 0.858. The number of aromatic amines is 1. The molecule has 6 heteroatoms. The minimum Gasteiger partial charge on any atom is -0.297 e. The van der Waals surface area contributed by atoms with Crippen LogP contribution in [0.5, 0.6) is 0 Å². The number of benzene rings is 1. The van der Waals surface area contributed by atoms with Gasteiger partial charge in [0.15, 0.2) is 0 Å². The predicted octanol–water partition coefficient (Wildman–Crippen LogP) is 3.56.